The molecule has 2 aromatic heterocycles. The summed E-state index contributed by atoms with van der Waals surface area (Å²) in [7, 11) is 1.93. The largest absolute Gasteiger partial charge is 0.481 e. The van der Waals surface area contributed by atoms with Crippen LogP contribution in [0.1, 0.15) is 46.2 Å². The van der Waals surface area contributed by atoms with Gasteiger partial charge >= 0.3 is 5.97 Å². The molecule has 1 N–H and O–H groups in total. The molecule has 2 atom stereocenters. The lowest BCUT2D eigenvalue weighted by Gasteiger charge is -2.20. The number of carbonyl (C=O) groups is 1. The molecule has 7 nitrogen and oxygen atoms in total. The fourth-order valence-corrected chi connectivity index (χ4v) is 5.69. The number of thiophene rings is 1. The molecule has 1 aliphatic heterocycles. The number of aliphatic carboxylic acids is 1. The molecule has 2 aromatic carbocycles. The van der Waals surface area contributed by atoms with Crippen LogP contribution in [-0.2, 0) is 4.79 Å². The van der Waals surface area contributed by atoms with Crippen LogP contribution in [0.3, 0.4) is 0 Å². The number of nitrogens with zero attached hydrogens (tertiary/aromatic N) is 5. The lowest BCUT2D eigenvalue weighted by molar-refractivity contribution is -0.141. The first-order chi connectivity index (χ1) is 17.2. The van der Waals surface area contributed by atoms with Crippen molar-refractivity contribution in [2.24, 2.45) is 10.9 Å². The van der Waals surface area contributed by atoms with E-state index in [1.165, 1.54) is 12.1 Å². The maximum absolute atomic E-state index is 13.4. The maximum Gasteiger partial charge on any atom is 0.308 e. The summed E-state index contributed by atoms with van der Waals surface area (Å²) in [6.45, 7) is 7.67. The van der Waals surface area contributed by atoms with Crippen molar-refractivity contribution in [3.8, 4) is 5.00 Å². The molecule has 0 amide bonds. The Morgan fingerprint density at radius 3 is 2.28 bits per heavy atom. The van der Waals surface area contributed by atoms with Crippen molar-refractivity contribution < 1.29 is 14.3 Å². The van der Waals surface area contributed by atoms with E-state index >= 15 is 0 Å². The van der Waals surface area contributed by atoms with Gasteiger partial charge in [0.15, 0.2) is 5.82 Å². The third-order valence-corrected chi connectivity index (χ3v) is 7.99. The number of aromatic nitrogens is 3. The lowest BCUT2D eigenvalue weighted by Crippen LogP contribution is -2.21. The van der Waals surface area contributed by atoms with E-state index in [2.05, 4.69) is 24.0 Å². The standard InChI is InChI=1S/C27H26FN5O2S/c1-14-16(3)36-26-22(14)24(29-23(15(2)27(34)35)25-31-30-17(4)33(25)26)18-6-10-20(11-7-18)32(5)21-12-8-19(28)9-13-21/h6-13,15,23H,1-5H3,(H,34,35)/t15?,23-/m0/s1. The van der Waals surface area contributed by atoms with Gasteiger partial charge in [0, 0.05) is 34.4 Å². The highest BCUT2D eigenvalue weighted by atomic mass is 32.1. The summed E-state index contributed by atoms with van der Waals surface area (Å²) in [6.07, 6.45) is 0. The molecule has 3 heterocycles. The number of aryl methyl sites for hydroxylation is 2. The Balaban J connectivity index is 1.64. The lowest BCUT2D eigenvalue weighted by atomic mass is 9.98. The van der Waals surface area contributed by atoms with Crippen LogP contribution >= 0.6 is 11.3 Å². The third kappa shape index (κ3) is 3.89. The zero-order valence-corrected chi connectivity index (χ0v) is 21.5. The third-order valence-electron chi connectivity index (χ3n) is 6.79. The number of halogens is 1. The van der Waals surface area contributed by atoms with E-state index in [-0.39, 0.29) is 5.82 Å². The number of carboxylic acid groups (broad SMARTS) is 1. The summed E-state index contributed by atoms with van der Waals surface area (Å²) >= 11 is 1.63. The predicted molar refractivity (Wildman–Crippen MR) is 140 cm³/mol. The SMILES string of the molecule is Cc1sc2c(c1C)C(c1ccc(N(C)c3ccc(F)cc3)cc1)=N[C@@H](C(C)C(=O)O)c1nnc(C)n1-2. The Labute approximate surface area is 212 Å². The van der Waals surface area contributed by atoms with E-state index in [0.717, 1.165) is 43.7 Å². The summed E-state index contributed by atoms with van der Waals surface area (Å²) in [5.74, 6) is -0.775. The van der Waals surface area contributed by atoms with Gasteiger partial charge in [-0.1, -0.05) is 12.1 Å². The minimum atomic E-state index is -0.940. The summed E-state index contributed by atoms with van der Waals surface area (Å²) in [5, 5.41) is 19.4. The molecule has 1 aliphatic rings. The Kier molecular flexibility index (Phi) is 5.96. The summed E-state index contributed by atoms with van der Waals surface area (Å²) in [6, 6.07) is 13.6. The van der Waals surface area contributed by atoms with Crippen molar-refractivity contribution >= 4 is 34.4 Å². The topological polar surface area (TPSA) is 83.6 Å². The Bertz CT molecular complexity index is 1490. The summed E-state index contributed by atoms with van der Waals surface area (Å²) < 4.78 is 15.3. The van der Waals surface area contributed by atoms with Gasteiger partial charge in [0.1, 0.15) is 22.7 Å². The van der Waals surface area contributed by atoms with E-state index in [1.807, 2.05) is 47.7 Å². The first kappa shape index (κ1) is 23.9. The van der Waals surface area contributed by atoms with Crippen LogP contribution in [0.15, 0.2) is 53.5 Å². The molecule has 0 saturated carbocycles. The van der Waals surface area contributed by atoms with Gasteiger partial charge in [0.25, 0.3) is 0 Å². The molecule has 184 valence electrons. The zero-order chi connectivity index (χ0) is 25.7. The number of anilines is 2. The van der Waals surface area contributed by atoms with Crippen LogP contribution in [0.2, 0.25) is 0 Å². The number of carboxylic acids is 1. The molecule has 9 heteroatoms. The van der Waals surface area contributed by atoms with Crippen molar-refractivity contribution in [1.29, 1.82) is 0 Å². The van der Waals surface area contributed by atoms with E-state index in [1.54, 1.807) is 30.4 Å². The molecular weight excluding hydrogens is 477 g/mol. The number of rotatable bonds is 5. The Morgan fingerprint density at radius 2 is 1.67 bits per heavy atom. The molecule has 1 unspecified atom stereocenters. The Morgan fingerprint density at radius 1 is 1.06 bits per heavy atom. The normalized spacial score (nSPS) is 15.5. The highest BCUT2D eigenvalue weighted by Crippen LogP contribution is 2.40. The highest BCUT2D eigenvalue weighted by Gasteiger charge is 2.36. The van der Waals surface area contributed by atoms with Crippen molar-refractivity contribution in [1.82, 2.24) is 14.8 Å². The predicted octanol–water partition coefficient (Wildman–Crippen LogP) is 5.77. The van der Waals surface area contributed by atoms with E-state index in [4.69, 9.17) is 4.99 Å². The number of fused-ring (bicyclic) bond motifs is 3. The second kappa shape index (κ2) is 8.98. The molecule has 0 saturated heterocycles. The molecule has 0 fully saturated rings. The van der Waals surface area contributed by atoms with E-state index < -0.39 is 17.9 Å². The number of benzene rings is 2. The molecule has 0 bridgehead atoms. The van der Waals surface area contributed by atoms with Crippen molar-refractivity contribution in [3.63, 3.8) is 0 Å². The van der Waals surface area contributed by atoms with E-state index in [0.29, 0.717) is 11.6 Å². The molecule has 0 radical (unpaired) electrons. The van der Waals surface area contributed by atoms with Gasteiger partial charge in [0.05, 0.1) is 11.6 Å². The fourth-order valence-electron chi connectivity index (χ4n) is 4.47. The first-order valence-electron chi connectivity index (χ1n) is 11.6. The van der Waals surface area contributed by atoms with Gasteiger partial charge in [-0.05, 0) is 69.7 Å². The average molecular weight is 504 g/mol. The summed E-state index contributed by atoms with van der Waals surface area (Å²) in [4.78, 5) is 20.2. The van der Waals surface area contributed by atoms with Crippen LogP contribution in [0.25, 0.3) is 5.00 Å². The van der Waals surface area contributed by atoms with Gasteiger partial charge in [-0.3, -0.25) is 14.4 Å². The molecule has 0 spiro atoms. The van der Waals surface area contributed by atoms with E-state index in [9.17, 15) is 14.3 Å². The molecule has 0 aliphatic carbocycles. The summed E-state index contributed by atoms with van der Waals surface area (Å²) in [5.41, 5.74) is 5.50. The van der Waals surface area contributed by atoms with Crippen LogP contribution in [0.5, 0.6) is 0 Å². The van der Waals surface area contributed by atoms with Gasteiger partial charge < -0.3 is 10.0 Å². The average Bonchev–Trinajstić information content (AvgIpc) is 3.33. The molecular formula is C27H26FN5O2S. The van der Waals surface area contributed by atoms with Crippen molar-refractivity contribution in [2.45, 2.75) is 33.7 Å². The molecule has 4 aromatic rings. The number of hydrogen-bond donors (Lipinski definition) is 1. The van der Waals surface area contributed by atoms with Gasteiger partial charge in [-0.25, -0.2) is 4.39 Å². The van der Waals surface area contributed by atoms with Crippen LogP contribution in [0, 0.1) is 32.5 Å². The first-order valence-corrected chi connectivity index (χ1v) is 12.4. The maximum atomic E-state index is 13.4. The minimum Gasteiger partial charge on any atom is -0.481 e. The smallest absolute Gasteiger partial charge is 0.308 e. The second-order valence-corrected chi connectivity index (χ2v) is 10.2. The fraction of sp³-hybridized carbons (Fsp3) is 0.259. The Hall–Kier alpha value is -3.85. The zero-order valence-electron chi connectivity index (χ0n) is 20.7. The van der Waals surface area contributed by atoms with Crippen LogP contribution in [0.4, 0.5) is 15.8 Å². The monoisotopic (exact) mass is 503 g/mol. The van der Waals surface area contributed by atoms with Crippen molar-refractivity contribution in [3.05, 3.63) is 87.6 Å². The van der Waals surface area contributed by atoms with Gasteiger partial charge in [0.2, 0.25) is 0 Å². The minimum absolute atomic E-state index is 0.276. The van der Waals surface area contributed by atoms with Crippen molar-refractivity contribution in [2.75, 3.05) is 11.9 Å². The number of aliphatic imine (C=N–C) groups is 1. The number of hydrogen-bond acceptors (Lipinski definition) is 6. The van der Waals surface area contributed by atoms with Crippen LogP contribution < -0.4 is 4.90 Å². The van der Waals surface area contributed by atoms with Gasteiger partial charge in [-0.15, -0.1) is 21.5 Å². The molecule has 5 rings (SSSR count). The second-order valence-electron chi connectivity index (χ2n) is 9.04. The quantitative estimate of drug-likeness (QED) is 0.374. The van der Waals surface area contributed by atoms with Crippen LogP contribution in [-0.4, -0.2) is 38.6 Å². The van der Waals surface area contributed by atoms with Gasteiger partial charge in [-0.2, -0.15) is 0 Å². The highest BCUT2D eigenvalue weighted by molar-refractivity contribution is 7.15. The molecule has 36 heavy (non-hydrogen) atoms.